The Morgan fingerprint density at radius 2 is 1.07 bits per heavy atom. The summed E-state index contributed by atoms with van der Waals surface area (Å²) in [7, 11) is 0. The summed E-state index contributed by atoms with van der Waals surface area (Å²) in [6.45, 7) is 3.33. The molecule has 1 heterocycles. The molecule has 330 valence electrons. The summed E-state index contributed by atoms with van der Waals surface area (Å²) in [5.41, 5.74) is 0. The Kier molecular flexibility index (Phi) is 34.8. The second kappa shape index (κ2) is 38.5. The van der Waals surface area contributed by atoms with Gasteiger partial charge in [-0.25, -0.2) is 0 Å². The predicted octanol–water partition coefficient (Wildman–Crippen LogP) is 9.05. The zero-order chi connectivity index (χ0) is 43.0. The maximum absolute atomic E-state index is 12.9. The van der Waals surface area contributed by atoms with Crippen LogP contribution in [0.15, 0.2) is 134 Å². The molecule has 0 saturated carbocycles. The first kappa shape index (κ1) is 53.3. The smallest absolute Gasteiger partial charge is 0.220 e. The Labute approximate surface area is 356 Å². The highest BCUT2D eigenvalue weighted by atomic mass is 16.7. The molecule has 1 rings (SSSR count). The second-order valence-corrected chi connectivity index (χ2v) is 14.4. The highest BCUT2D eigenvalue weighted by Gasteiger charge is 2.44. The molecule has 1 fully saturated rings. The van der Waals surface area contributed by atoms with Crippen LogP contribution in [0, 0.1) is 0 Å². The van der Waals surface area contributed by atoms with E-state index in [1.54, 1.807) is 6.08 Å². The van der Waals surface area contributed by atoms with Gasteiger partial charge in [0.1, 0.15) is 24.4 Å². The van der Waals surface area contributed by atoms with Gasteiger partial charge in [-0.2, -0.15) is 0 Å². The molecule has 1 aliphatic rings. The van der Waals surface area contributed by atoms with Crippen molar-refractivity contribution in [2.24, 2.45) is 0 Å². The summed E-state index contributed by atoms with van der Waals surface area (Å²) in [5.74, 6) is -0.245. The number of aliphatic hydroxyl groups excluding tert-OH is 5. The monoisotopic (exact) mass is 820 g/mol. The number of carbonyl (C=O) groups excluding carboxylic acids is 1. The van der Waals surface area contributed by atoms with Gasteiger partial charge < -0.3 is 40.3 Å². The van der Waals surface area contributed by atoms with E-state index >= 15 is 0 Å². The summed E-state index contributed by atoms with van der Waals surface area (Å²) in [4.78, 5) is 12.9. The number of nitrogens with one attached hydrogen (secondary N) is 1. The third-order valence-corrected chi connectivity index (χ3v) is 9.28. The zero-order valence-corrected chi connectivity index (χ0v) is 35.9. The lowest BCUT2D eigenvalue weighted by Gasteiger charge is -2.40. The number of hydrogen-bond acceptors (Lipinski definition) is 8. The maximum atomic E-state index is 12.9. The molecule has 0 aromatic rings. The van der Waals surface area contributed by atoms with Gasteiger partial charge in [-0.15, -0.1) is 0 Å². The molecule has 0 radical (unpaired) electrons. The maximum Gasteiger partial charge on any atom is 0.220 e. The molecule has 7 unspecified atom stereocenters. The molecule has 1 aliphatic heterocycles. The number of amides is 1. The molecule has 0 aromatic carbocycles. The molecule has 0 aliphatic carbocycles. The molecule has 6 N–H and O–H groups in total. The van der Waals surface area contributed by atoms with E-state index in [0.29, 0.717) is 12.8 Å². The number of hydrogen-bond donors (Lipinski definition) is 6. The molecule has 0 aromatic heterocycles. The van der Waals surface area contributed by atoms with E-state index in [1.165, 1.54) is 0 Å². The second-order valence-electron chi connectivity index (χ2n) is 14.4. The van der Waals surface area contributed by atoms with Crippen molar-refractivity contribution in [2.45, 2.75) is 159 Å². The summed E-state index contributed by atoms with van der Waals surface area (Å²) < 4.78 is 11.1. The van der Waals surface area contributed by atoms with Crippen molar-refractivity contribution in [2.75, 3.05) is 13.2 Å². The normalized spacial score (nSPS) is 22.1. The average Bonchev–Trinajstić information content (AvgIpc) is 3.23. The van der Waals surface area contributed by atoms with Crippen molar-refractivity contribution in [1.29, 1.82) is 0 Å². The Balaban J connectivity index is 2.35. The molecule has 0 bridgehead atoms. The largest absolute Gasteiger partial charge is 0.394 e. The number of unbranched alkanes of at least 4 members (excludes halogenated alkanes) is 4. The van der Waals surface area contributed by atoms with Gasteiger partial charge in [0.05, 0.1) is 25.4 Å². The summed E-state index contributed by atoms with van der Waals surface area (Å²) in [6, 6.07) is -0.859. The van der Waals surface area contributed by atoms with Crippen LogP contribution in [-0.4, -0.2) is 87.5 Å². The van der Waals surface area contributed by atoms with Gasteiger partial charge in [-0.1, -0.05) is 141 Å². The number of ether oxygens (including phenoxy) is 2. The van der Waals surface area contributed by atoms with Crippen molar-refractivity contribution < 1.29 is 39.8 Å². The minimum absolute atomic E-state index is 0.235. The highest BCUT2D eigenvalue weighted by molar-refractivity contribution is 5.76. The lowest BCUT2D eigenvalue weighted by molar-refractivity contribution is -0.302. The van der Waals surface area contributed by atoms with E-state index in [-0.39, 0.29) is 18.9 Å². The van der Waals surface area contributed by atoms with E-state index in [2.05, 4.69) is 128 Å². The first-order chi connectivity index (χ1) is 28.8. The lowest BCUT2D eigenvalue weighted by atomic mass is 9.99. The molecule has 9 heteroatoms. The van der Waals surface area contributed by atoms with Crippen LogP contribution in [-0.2, 0) is 14.3 Å². The minimum Gasteiger partial charge on any atom is -0.394 e. The van der Waals surface area contributed by atoms with Crippen LogP contribution in [0.5, 0.6) is 0 Å². The van der Waals surface area contributed by atoms with Crippen LogP contribution < -0.4 is 5.32 Å². The topological polar surface area (TPSA) is 149 Å². The SMILES string of the molecule is C/C=C/CC/C=C/CC/C=C/C(O)C(COC1OC(CO)C(O)C(O)C1O)NC(=O)CCCC/C=C\C/C=C\C/C=C\C/C=C\C/C=C\C/C=C\C/C=C\C/C=C\CC. The molecule has 7 atom stereocenters. The van der Waals surface area contributed by atoms with Crippen LogP contribution in [0.2, 0.25) is 0 Å². The highest BCUT2D eigenvalue weighted by Crippen LogP contribution is 2.22. The van der Waals surface area contributed by atoms with Crippen molar-refractivity contribution in [1.82, 2.24) is 5.32 Å². The van der Waals surface area contributed by atoms with Gasteiger partial charge >= 0.3 is 0 Å². The quantitative estimate of drug-likeness (QED) is 0.0284. The van der Waals surface area contributed by atoms with E-state index in [1.807, 2.05) is 19.1 Å². The van der Waals surface area contributed by atoms with E-state index < -0.39 is 49.5 Å². The number of allylic oxidation sites excluding steroid dienone is 21. The Morgan fingerprint density at radius 1 is 0.610 bits per heavy atom. The summed E-state index contributed by atoms with van der Waals surface area (Å²) in [6.07, 6.45) is 52.4. The van der Waals surface area contributed by atoms with E-state index in [9.17, 15) is 30.3 Å². The first-order valence-electron chi connectivity index (χ1n) is 21.9. The molecular formula is C50H77NO8. The minimum atomic E-state index is -1.59. The van der Waals surface area contributed by atoms with Crippen molar-refractivity contribution >= 4 is 5.91 Å². The Bertz CT molecular complexity index is 1370. The van der Waals surface area contributed by atoms with Gasteiger partial charge in [0.2, 0.25) is 5.91 Å². The van der Waals surface area contributed by atoms with Gasteiger partial charge in [-0.05, 0) is 103 Å². The Morgan fingerprint density at radius 3 is 1.56 bits per heavy atom. The van der Waals surface area contributed by atoms with Gasteiger partial charge in [0.25, 0.3) is 0 Å². The third kappa shape index (κ3) is 29.2. The summed E-state index contributed by atoms with van der Waals surface area (Å²) in [5, 5.41) is 53.9. The fraction of sp³-hybridized carbons (Fsp3) is 0.540. The van der Waals surface area contributed by atoms with Gasteiger partial charge in [-0.3, -0.25) is 4.79 Å². The number of carbonyl (C=O) groups is 1. The summed E-state index contributed by atoms with van der Waals surface area (Å²) >= 11 is 0. The zero-order valence-electron chi connectivity index (χ0n) is 35.9. The number of rotatable bonds is 33. The first-order valence-corrected chi connectivity index (χ1v) is 21.9. The molecule has 9 nitrogen and oxygen atoms in total. The molecular weight excluding hydrogens is 743 g/mol. The average molecular weight is 820 g/mol. The predicted molar refractivity (Wildman–Crippen MR) is 243 cm³/mol. The van der Waals surface area contributed by atoms with Crippen LogP contribution in [0.4, 0.5) is 0 Å². The van der Waals surface area contributed by atoms with Crippen molar-refractivity contribution in [3.05, 3.63) is 134 Å². The van der Waals surface area contributed by atoms with Crippen molar-refractivity contribution in [3.63, 3.8) is 0 Å². The van der Waals surface area contributed by atoms with E-state index in [0.717, 1.165) is 83.5 Å². The van der Waals surface area contributed by atoms with Crippen LogP contribution in [0.3, 0.4) is 0 Å². The Hall–Kier alpha value is -3.67. The molecule has 0 spiro atoms. The standard InChI is InChI=1S/C50H77NO8/c1-3-5-7-9-11-13-14-15-16-17-18-19-20-21-22-23-24-25-26-27-28-29-30-32-34-36-38-40-46(54)51-43(44(53)39-37-35-33-31-12-10-8-6-4-2)42-58-50-49(57)48(56)47(55)45(41-52)59-50/h4-7,11-13,15-16,18-19,21-22,24-25,27-28,30-32,37,39,43-45,47-50,52-53,55-57H,3,8-10,14,17,20,23,26,29,33-36,38,40-42H2,1-2H3,(H,51,54)/b6-4+,7-5-,13-11-,16-15-,19-18-,22-21-,25-24-,28-27-,31-12+,32-30-,39-37+. The third-order valence-electron chi connectivity index (χ3n) is 9.28. The molecule has 1 saturated heterocycles. The molecule has 1 amide bonds. The number of aliphatic hydroxyl groups is 5. The fourth-order valence-corrected chi connectivity index (χ4v) is 5.79. The van der Waals surface area contributed by atoms with Crippen LogP contribution in [0.25, 0.3) is 0 Å². The van der Waals surface area contributed by atoms with Crippen LogP contribution in [0.1, 0.15) is 117 Å². The van der Waals surface area contributed by atoms with Crippen LogP contribution >= 0.6 is 0 Å². The van der Waals surface area contributed by atoms with Crippen molar-refractivity contribution in [3.8, 4) is 0 Å². The lowest BCUT2D eigenvalue weighted by Crippen LogP contribution is -2.60. The van der Waals surface area contributed by atoms with Gasteiger partial charge in [0, 0.05) is 6.42 Å². The molecule has 59 heavy (non-hydrogen) atoms. The van der Waals surface area contributed by atoms with E-state index in [4.69, 9.17) is 9.47 Å². The fourth-order valence-electron chi connectivity index (χ4n) is 5.79. The van der Waals surface area contributed by atoms with Gasteiger partial charge in [0.15, 0.2) is 6.29 Å².